The van der Waals surface area contributed by atoms with Crippen LogP contribution in [0.5, 0.6) is 0 Å². The molecule has 0 atom stereocenters. The molecule has 1 aromatic carbocycles. The second kappa shape index (κ2) is 7.50. The predicted molar refractivity (Wildman–Crippen MR) is 50.8 cm³/mol. The third-order valence-electron chi connectivity index (χ3n) is 1.66. The van der Waals surface area contributed by atoms with Gasteiger partial charge in [0.1, 0.15) is 0 Å². The van der Waals surface area contributed by atoms with Gasteiger partial charge in [-0.3, -0.25) is 0 Å². The summed E-state index contributed by atoms with van der Waals surface area (Å²) in [6, 6.07) is 10.6. The average molecular weight is 173 g/mol. The van der Waals surface area contributed by atoms with E-state index in [0.29, 0.717) is 0 Å². The van der Waals surface area contributed by atoms with Gasteiger partial charge >= 0.3 is 0 Å². The van der Waals surface area contributed by atoms with Crippen LogP contribution in [0.15, 0.2) is 30.3 Å². The molecular weight excluding hydrogens is 159 g/mol. The van der Waals surface area contributed by atoms with E-state index in [1.807, 2.05) is 0 Å². The maximum absolute atomic E-state index is 2.23. The summed E-state index contributed by atoms with van der Waals surface area (Å²) in [6.07, 6.45) is 3.83. The van der Waals surface area contributed by atoms with Crippen molar-refractivity contribution >= 4 is 51.4 Å². The van der Waals surface area contributed by atoms with E-state index in [1.165, 1.54) is 24.8 Å². The van der Waals surface area contributed by atoms with Crippen molar-refractivity contribution in [2.24, 2.45) is 0 Å². The largest absolute Gasteiger partial charge is 0.0654 e. The molecule has 0 aliphatic carbocycles. The van der Waals surface area contributed by atoms with E-state index in [4.69, 9.17) is 0 Å². The van der Waals surface area contributed by atoms with Crippen LogP contribution in [0.3, 0.4) is 0 Å². The van der Waals surface area contributed by atoms with Gasteiger partial charge in [-0.1, -0.05) is 43.7 Å². The van der Waals surface area contributed by atoms with E-state index >= 15 is 0 Å². The topological polar surface area (TPSA) is 0 Å². The number of hydrogen-bond acceptors (Lipinski definition) is 0. The first-order valence-corrected chi connectivity index (χ1v) is 3.97. The zero-order valence-corrected chi connectivity index (χ0v) is 10.6. The molecule has 0 nitrogen and oxygen atoms in total. The van der Waals surface area contributed by atoms with Gasteiger partial charge in [0.25, 0.3) is 0 Å². The second-order valence-electron chi connectivity index (χ2n) is 2.59. The monoisotopic (exact) mass is 173 g/mol. The summed E-state index contributed by atoms with van der Waals surface area (Å²) >= 11 is 0. The van der Waals surface area contributed by atoms with Gasteiger partial charge in [0, 0.05) is 51.4 Å². The summed E-state index contributed by atoms with van der Waals surface area (Å²) in [5.41, 5.74) is 1.46. The van der Waals surface area contributed by atoms with E-state index in [2.05, 4.69) is 37.3 Å². The molecule has 11 heavy (non-hydrogen) atoms. The van der Waals surface area contributed by atoms with Crippen LogP contribution in [0.2, 0.25) is 0 Å². The molecule has 0 aliphatic heterocycles. The van der Waals surface area contributed by atoms with Crippen LogP contribution in [0.1, 0.15) is 25.3 Å². The molecule has 0 heterocycles. The number of rotatable bonds is 3. The first kappa shape index (κ1) is 11.9. The van der Waals surface area contributed by atoms with Gasteiger partial charge in [-0.15, -0.1) is 0 Å². The van der Waals surface area contributed by atoms with E-state index in [1.54, 1.807) is 0 Å². The molecule has 0 saturated heterocycles. The summed E-state index contributed by atoms with van der Waals surface area (Å²) < 4.78 is 0. The molecule has 1 heteroatoms. The van der Waals surface area contributed by atoms with Crippen molar-refractivity contribution in [3.63, 3.8) is 0 Å². The van der Waals surface area contributed by atoms with Crippen molar-refractivity contribution in [3.8, 4) is 0 Å². The quantitative estimate of drug-likeness (QED) is 0.616. The van der Waals surface area contributed by atoms with Crippen LogP contribution in [0, 0.1) is 0 Å². The van der Waals surface area contributed by atoms with E-state index in [-0.39, 0.29) is 51.4 Å². The molecule has 0 aromatic heterocycles. The van der Waals surface area contributed by atoms with E-state index in [9.17, 15) is 0 Å². The molecule has 1 radical (unpaired) electrons. The molecule has 1 rings (SSSR count). The third kappa shape index (κ3) is 5.15. The van der Waals surface area contributed by atoms with Crippen LogP contribution >= 0.6 is 0 Å². The predicted octanol–water partition coefficient (Wildman–Crippen LogP) is 2.65. The van der Waals surface area contributed by atoms with E-state index < -0.39 is 0 Å². The summed E-state index contributed by atoms with van der Waals surface area (Å²) in [5.74, 6) is 0. The Hall–Kier alpha value is 0.856. The SMILES string of the molecule is CCCCc1ccccc1.[K]. The van der Waals surface area contributed by atoms with Gasteiger partial charge < -0.3 is 0 Å². The molecule has 0 unspecified atom stereocenters. The first-order valence-electron chi connectivity index (χ1n) is 3.97. The zero-order chi connectivity index (χ0) is 7.23. The van der Waals surface area contributed by atoms with Crippen LogP contribution in [-0.2, 0) is 6.42 Å². The minimum Gasteiger partial charge on any atom is -0.0654 e. The molecule has 0 saturated carbocycles. The Bertz CT molecular complexity index is 169. The Morgan fingerprint density at radius 1 is 1.09 bits per heavy atom. The first-order chi connectivity index (χ1) is 4.93. The maximum Gasteiger partial charge on any atom is 0 e. The van der Waals surface area contributed by atoms with Crippen molar-refractivity contribution in [3.05, 3.63) is 35.9 Å². The number of aryl methyl sites for hydroxylation is 1. The summed E-state index contributed by atoms with van der Waals surface area (Å²) in [6.45, 7) is 2.23. The fourth-order valence-electron chi connectivity index (χ4n) is 1.03. The molecule has 0 N–H and O–H groups in total. The smallest absolute Gasteiger partial charge is 0 e. The van der Waals surface area contributed by atoms with Gasteiger partial charge in [0.05, 0.1) is 0 Å². The van der Waals surface area contributed by atoms with Gasteiger partial charge in [0.15, 0.2) is 0 Å². The molecule has 0 bridgehead atoms. The van der Waals surface area contributed by atoms with Gasteiger partial charge in [-0.05, 0) is 18.4 Å². The van der Waals surface area contributed by atoms with Crippen molar-refractivity contribution < 1.29 is 0 Å². The molecule has 1 aromatic rings. The normalized spacial score (nSPS) is 8.82. The Balaban J connectivity index is 0.000001000. The van der Waals surface area contributed by atoms with Crippen molar-refractivity contribution in [2.75, 3.05) is 0 Å². The summed E-state index contributed by atoms with van der Waals surface area (Å²) in [5, 5.41) is 0. The average Bonchev–Trinajstić information content (AvgIpc) is 2.03. The Morgan fingerprint density at radius 3 is 2.27 bits per heavy atom. The molecule has 0 fully saturated rings. The van der Waals surface area contributed by atoms with Crippen LogP contribution in [0.4, 0.5) is 0 Å². The zero-order valence-electron chi connectivity index (χ0n) is 7.51. The van der Waals surface area contributed by atoms with E-state index in [0.717, 1.165) is 0 Å². The molecule has 0 aliphatic rings. The Labute approximate surface area is 112 Å². The fourth-order valence-corrected chi connectivity index (χ4v) is 1.03. The minimum absolute atomic E-state index is 0. The second-order valence-corrected chi connectivity index (χ2v) is 2.59. The summed E-state index contributed by atoms with van der Waals surface area (Å²) in [7, 11) is 0. The van der Waals surface area contributed by atoms with Crippen LogP contribution in [-0.4, -0.2) is 51.4 Å². The van der Waals surface area contributed by atoms with Gasteiger partial charge in [0.2, 0.25) is 0 Å². The van der Waals surface area contributed by atoms with Crippen LogP contribution in [0.25, 0.3) is 0 Å². The molecule has 0 amide bonds. The third-order valence-corrected chi connectivity index (χ3v) is 1.66. The summed E-state index contributed by atoms with van der Waals surface area (Å²) in [4.78, 5) is 0. The minimum atomic E-state index is 0. The molecule has 0 spiro atoms. The number of hydrogen-bond donors (Lipinski definition) is 0. The molecular formula is C10H14K. The number of unbranched alkanes of at least 4 members (excludes halogenated alkanes) is 1. The molecule has 55 valence electrons. The van der Waals surface area contributed by atoms with Gasteiger partial charge in [-0.2, -0.15) is 0 Å². The Morgan fingerprint density at radius 2 is 1.73 bits per heavy atom. The van der Waals surface area contributed by atoms with Gasteiger partial charge in [-0.25, -0.2) is 0 Å². The Kier molecular flexibility index (Phi) is 8.09. The van der Waals surface area contributed by atoms with Crippen LogP contribution < -0.4 is 0 Å². The fraction of sp³-hybridized carbons (Fsp3) is 0.400. The van der Waals surface area contributed by atoms with Crippen molar-refractivity contribution in [1.82, 2.24) is 0 Å². The number of benzene rings is 1. The van der Waals surface area contributed by atoms with Crippen molar-refractivity contribution in [1.29, 1.82) is 0 Å². The standard InChI is InChI=1S/C10H14.K/c1-2-3-7-10-8-5-4-6-9-10;/h4-6,8-9H,2-3,7H2,1H3;. The maximum atomic E-state index is 2.23. The van der Waals surface area contributed by atoms with Crippen molar-refractivity contribution in [2.45, 2.75) is 26.2 Å².